The van der Waals surface area contributed by atoms with E-state index in [4.69, 9.17) is 0 Å². The van der Waals surface area contributed by atoms with Gasteiger partial charge in [-0.05, 0) is 49.1 Å². The molecule has 4 nitrogen and oxygen atoms in total. The lowest BCUT2D eigenvalue weighted by Crippen LogP contribution is -2.46. The van der Waals surface area contributed by atoms with E-state index < -0.39 is 5.97 Å². The zero-order chi connectivity index (χ0) is 16.5. The van der Waals surface area contributed by atoms with Crippen LogP contribution in [0.25, 0.3) is 0 Å². The molecule has 0 radical (unpaired) electrons. The van der Waals surface area contributed by atoms with E-state index in [0.29, 0.717) is 11.6 Å². The van der Waals surface area contributed by atoms with Gasteiger partial charge in [-0.15, -0.1) is 0 Å². The first-order valence-corrected chi connectivity index (χ1v) is 9.46. The van der Waals surface area contributed by atoms with Crippen LogP contribution in [-0.2, 0) is 6.54 Å². The molecule has 0 amide bonds. The summed E-state index contributed by atoms with van der Waals surface area (Å²) in [6, 6.07) is 8.15. The van der Waals surface area contributed by atoms with Crippen LogP contribution >= 0.6 is 0 Å². The summed E-state index contributed by atoms with van der Waals surface area (Å²) in [5.41, 5.74) is 1.41. The van der Waals surface area contributed by atoms with Gasteiger partial charge in [0.25, 0.3) is 0 Å². The summed E-state index contributed by atoms with van der Waals surface area (Å²) >= 11 is 0. The van der Waals surface area contributed by atoms with Gasteiger partial charge in [-0.25, -0.2) is 4.79 Å². The second-order valence-electron chi connectivity index (χ2n) is 8.00. The van der Waals surface area contributed by atoms with Crippen molar-refractivity contribution in [2.45, 2.75) is 44.7 Å². The Labute approximate surface area is 144 Å². The summed E-state index contributed by atoms with van der Waals surface area (Å²) in [6.07, 6.45) is 6.91. The lowest BCUT2D eigenvalue weighted by atomic mass is 9.83. The van der Waals surface area contributed by atoms with Gasteiger partial charge in [0, 0.05) is 38.8 Å². The molecule has 4 aliphatic rings. The number of piperidine rings is 1. The van der Waals surface area contributed by atoms with Crippen molar-refractivity contribution in [2.75, 3.05) is 26.2 Å². The molecule has 2 atom stereocenters. The summed E-state index contributed by atoms with van der Waals surface area (Å²) in [5, 5.41) is 9.42. The predicted molar refractivity (Wildman–Crippen MR) is 94.1 cm³/mol. The van der Waals surface area contributed by atoms with E-state index in [1.165, 1.54) is 45.2 Å². The molecular formula is C20H28N2O2. The number of carboxylic acids is 1. The van der Waals surface area contributed by atoms with E-state index in [-0.39, 0.29) is 0 Å². The smallest absolute Gasteiger partial charge is 0.336 e. The van der Waals surface area contributed by atoms with E-state index in [1.807, 2.05) is 18.2 Å². The number of benzene rings is 1. The average Bonchev–Trinajstić information content (AvgIpc) is 2.81. The first-order chi connectivity index (χ1) is 11.7. The highest BCUT2D eigenvalue weighted by molar-refractivity contribution is 5.89. The van der Waals surface area contributed by atoms with Crippen molar-refractivity contribution < 1.29 is 9.90 Å². The third-order valence-corrected chi connectivity index (χ3v) is 6.26. The van der Waals surface area contributed by atoms with Gasteiger partial charge < -0.3 is 5.11 Å². The molecule has 4 fully saturated rings. The topological polar surface area (TPSA) is 43.8 Å². The zero-order valence-corrected chi connectivity index (χ0v) is 14.4. The van der Waals surface area contributed by atoms with Crippen molar-refractivity contribution >= 4 is 5.97 Å². The molecule has 3 heterocycles. The summed E-state index contributed by atoms with van der Waals surface area (Å²) in [7, 11) is 0. The molecular weight excluding hydrogens is 300 g/mol. The van der Waals surface area contributed by atoms with Gasteiger partial charge >= 0.3 is 5.97 Å². The second-order valence-corrected chi connectivity index (χ2v) is 8.00. The molecule has 1 N–H and O–H groups in total. The van der Waals surface area contributed by atoms with Crippen molar-refractivity contribution in [3.8, 4) is 0 Å². The van der Waals surface area contributed by atoms with Crippen LogP contribution in [0.15, 0.2) is 24.3 Å². The average molecular weight is 328 g/mol. The Morgan fingerprint density at radius 3 is 2.67 bits per heavy atom. The molecule has 3 saturated heterocycles. The molecule has 2 bridgehead atoms. The summed E-state index contributed by atoms with van der Waals surface area (Å²) in [6.45, 7) is 5.52. The van der Waals surface area contributed by atoms with Crippen LogP contribution in [0.4, 0.5) is 0 Å². The maximum Gasteiger partial charge on any atom is 0.336 e. The van der Waals surface area contributed by atoms with Crippen LogP contribution in [0, 0.1) is 11.8 Å². The molecule has 1 saturated carbocycles. The molecule has 3 aliphatic heterocycles. The molecule has 0 unspecified atom stereocenters. The molecule has 1 aromatic carbocycles. The van der Waals surface area contributed by atoms with Crippen LogP contribution < -0.4 is 0 Å². The highest BCUT2D eigenvalue weighted by Crippen LogP contribution is 2.33. The normalized spacial score (nSPS) is 28.5. The van der Waals surface area contributed by atoms with Crippen LogP contribution in [0.1, 0.15) is 48.0 Å². The molecule has 5 rings (SSSR count). The van der Waals surface area contributed by atoms with Gasteiger partial charge in [-0.1, -0.05) is 24.6 Å². The fourth-order valence-electron chi connectivity index (χ4n) is 4.74. The first-order valence-electron chi connectivity index (χ1n) is 9.46. The number of fused-ring (bicyclic) bond motifs is 4. The van der Waals surface area contributed by atoms with Gasteiger partial charge in [-0.2, -0.15) is 0 Å². The third-order valence-electron chi connectivity index (χ3n) is 6.26. The molecule has 24 heavy (non-hydrogen) atoms. The summed E-state index contributed by atoms with van der Waals surface area (Å²) in [4.78, 5) is 16.7. The molecule has 130 valence electrons. The number of carboxylic acid groups (broad SMARTS) is 1. The van der Waals surface area contributed by atoms with Crippen molar-refractivity contribution in [1.82, 2.24) is 9.80 Å². The Balaban J connectivity index is 1.45. The van der Waals surface area contributed by atoms with Crippen molar-refractivity contribution in [2.24, 2.45) is 11.8 Å². The molecule has 1 aliphatic carbocycles. The highest BCUT2D eigenvalue weighted by Gasteiger charge is 2.36. The lowest BCUT2D eigenvalue weighted by Gasteiger charge is -2.40. The van der Waals surface area contributed by atoms with Gasteiger partial charge in [0.2, 0.25) is 0 Å². The zero-order valence-electron chi connectivity index (χ0n) is 14.4. The number of rotatable bonds is 5. The molecule has 0 spiro atoms. The van der Waals surface area contributed by atoms with Crippen molar-refractivity contribution in [3.63, 3.8) is 0 Å². The molecule has 1 aromatic rings. The van der Waals surface area contributed by atoms with Gasteiger partial charge in [-0.3, -0.25) is 9.80 Å². The Kier molecular flexibility index (Phi) is 4.59. The maximum atomic E-state index is 11.5. The van der Waals surface area contributed by atoms with E-state index in [2.05, 4.69) is 9.80 Å². The first kappa shape index (κ1) is 16.1. The molecule has 4 heteroatoms. The van der Waals surface area contributed by atoms with Gasteiger partial charge in [0.15, 0.2) is 0 Å². The van der Waals surface area contributed by atoms with E-state index in [0.717, 1.165) is 37.0 Å². The standard InChI is InChI=1S/C20H28N2O2/c23-20(24)19-7-2-1-6-17(19)13-21-10-16-8-9-18(14-21)22(12-16)11-15-4-3-5-15/h1-2,6-7,15-16,18H,3-5,8-14H2,(H,23,24)/t16-,18+/m1/s1. The number of carbonyl (C=O) groups is 1. The number of hydrogen-bond acceptors (Lipinski definition) is 3. The maximum absolute atomic E-state index is 11.5. The number of aromatic carboxylic acids is 1. The summed E-state index contributed by atoms with van der Waals surface area (Å²) in [5.74, 6) is 0.876. The van der Waals surface area contributed by atoms with Crippen LogP contribution in [0.5, 0.6) is 0 Å². The van der Waals surface area contributed by atoms with Crippen molar-refractivity contribution in [1.29, 1.82) is 0 Å². The van der Waals surface area contributed by atoms with Crippen molar-refractivity contribution in [3.05, 3.63) is 35.4 Å². The number of hydrogen-bond donors (Lipinski definition) is 1. The minimum absolute atomic E-state index is 0.459. The van der Waals surface area contributed by atoms with Gasteiger partial charge in [0.1, 0.15) is 0 Å². The predicted octanol–water partition coefficient (Wildman–Crippen LogP) is 3.08. The SMILES string of the molecule is O=C(O)c1ccccc1CN1C[C@H]2CC[C@@H](C1)N(CC1CCC1)C2. The van der Waals surface area contributed by atoms with E-state index in [9.17, 15) is 9.90 Å². The Hall–Kier alpha value is -1.39. The Morgan fingerprint density at radius 1 is 1.08 bits per heavy atom. The highest BCUT2D eigenvalue weighted by atomic mass is 16.4. The van der Waals surface area contributed by atoms with Gasteiger partial charge in [0.05, 0.1) is 5.56 Å². The summed E-state index contributed by atoms with van der Waals surface area (Å²) < 4.78 is 0. The lowest BCUT2D eigenvalue weighted by molar-refractivity contribution is 0.0694. The minimum Gasteiger partial charge on any atom is -0.478 e. The quantitative estimate of drug-likeness (QED) is 0.902. The monoisotopic (exact) mass is 328 g/mol. The minimum atomic E-state index is -0.810. The fourth-order valence-corrected chi connectivity index (χ4v) is 4.74. The Bertz CT molecular complexity index is 599. The molecule has 0 aromatic heterocycles. The largest absolute Gasteiger partial charge is 0.478 e. The Morgan fingerprint density at radius 2 is 1.92 bits per heavy atom. The van der Waals surface area contributed by atoms with E-state index >= 15 is 0 Å². The van der Waals surface area contributed by atoms with Crippen LogP contribution in [-0.4, -0.2) is 53.1 Å². The number of nitrogens with zero attached hydrogens (tertiary/aromatic N) is 2. The van der Waals surface area contributed by atoms with Crippen LogP contribution in [0.2, 0.25) is 0 Å². The van der Waals surface area contributed by atoms with Crippen LogP contribution in [0.3, 0.4) is 0 Å². The second kappa shape index (κ2) is 6.85. The fraction of sp³-hybridized carbons (Fsp3) is 0.650. The third kappa shape index (κ3) is 3.35. The van der Waals surface area contributed by atoms with E-state index in [1.54, 1.807) is 6.07 Å².